The quantitative estimate of drug-likeness (QED) is 0.465. The third-order valence-corrected chi connectivity index (χ3v) is 2.65. The summed E-state index contributed by atoms with van der Waals surface area (Å²) in [5, 5.41) is 0. The van der Waals surface area contributed by atoms with Crippen molar-refractivity contribution < 1.29 is 9.22 Å². The molecule has 72 valence electrons. The predicted molar refractivity (Wildman–Crippen MR) is 50.9 cm³/mol. The average Bonchev–Trinajstić information content (AvgIpc) is 2.06. The molecule has 1 heterocycles. The normalized spacial score (nSPS) is 22.5. The van der Waals surface area contributed by atoms with E-state index in [4.69, 9.17) is 4.74 Å². The van der Waals surface area contributed by atoms with Crippen LogP contribution in [0.1, 0.15) is 32.6 Å². The van der Waals surface area contributed by atoms with Crippen molar-refractivity contribution in [2.45, 2.75) is 32.6 Å². The van der Waals surface area contributed by atoms with Crippen molar-refractivity contribution in [3.63, 3.8) is 0 Å². The van der Waals surface area contributed by atoms with Gasteiger partial charge in [0.15, 0.2) is 6.73 Å². The molecule has 1 rings (SSSR count). The van der Waals surface area contributed by atoms with Gasteiger partial charge in [-0.15, -0.1) is 0 Å². The lowest BCUT2D eigenvalue weighted by atomic mass is 10.1. The van der Waals surface area contributed by atoms with Gasteiger partial charge >= 0.3 is 0 Å². The summed E-state index contributed by atoms with van der Waals surface area (Å²) in [6, 6.07) is 0. The van der Waals surface area contributed by atoms with E-state index < -0.39 is 0 Å². The molecular weight excluding hydrogens is 150 g/mol. The van der Waals surface area contributed by atoms with Crippen molar-refractivity contribution in [3.05, 3.63) is 0 Å². The zero-order valence-electron chi connectivity index (χ0n) is 8.51. The van der Waals surface area contributed by atoms with E-state index in [9.17, 15) is 0 Å². The highest BCUT2D eigenvalue weighted by Crippen LogP contribution is 2.15. The maximum absolute atomic E-state index is 5.60. The Morgan fingerprint density at radius 2 is 1.83 bits per heavy atom. The van der Waals surface area contributed by atoms with Crippen molar-refractivity contribution in [1.29, 1.82) is 0 Å². The minimum absolute atomic E-state index is 0.924. The molecule has 0 aromatic carbocycles. The molecule has 1 fully saturated rings. The fraction of sp³-hybridized carbons (Fsp3) is 1.00. The summed E-state index contributed by atoms with van der Waals surface area (Å²) in [7, 11) is 2.31. The first kappa shape index (κ1) is 10.0. The van der Waals surface area contributed by atoms with Crippen LogP contribution in [-0.4, -0.2) is 38.0 Å². The van der Waals surface area contributed by atoms with Gasteiger partial charge in [0.05, 0.1) is 26.7 Å². The standard InChI is InChI=1S/C10H22NO/c1-3-9-12-10-11(2)7-5-4-6-8-11/h3-10H2,1-2H3/q+1. The number of piperidine rings is 1. The highest BCUT2D eigenvalue weighted by atomic mass is 16.5. The minimum atomic E-state index is 0.924. The molecule has 0 aromatic rings. The molecule has 1 aliphatic heterocycles. The first-order valence-corrected chi connectivity index (χ1v) is 5.18. The highest BCUT2D eigenvalue weighted by Gasteiger charge is 2.24. The molecule has 2 heteroatoms. The highest BCUT2D eigenvalue weighted by molar-refractivity contribution is 4.49. The van der Waals surface area contributed by atoms with E-state index in [2.05, 4.69) is 14.0 Å². The fourth-order valence-corrected chi connectivity index (χ4v) is 1.83. The number of rotatable bonds is 4. The Morgan fingerprint density at radius 1 is 1.17 bits per heavy atom. The Bertz CT molecular complexity index is 119. The van der Waals surface area contributed by atoms with Crippen molar-refractivity contribution in [3.8, 4) is 0 Å². The van der Waals surface area contributed by atoms with Crippen LogP contribution in [0.4, 0.5) is 0 Å². The van der Waals surface area contributed by atoms with Crippen LogP contribution in [0.25, 0.3) is 0 Å². The summed E-state index contributed by atoms with van der Waals surface area (Å²) >= 11 is 0. The summed E-state index contributed by atoms with van der Waals surface area (Å²) in [6.45, 7) is 6.63. The molecule has 0 saturated carbocycles. The van der Waals surface area contributed by atoms with Crippen LogP contribution in [0, 0.1) is 0 Å². The zero-order valence-corrected chi connectivity index (χ0v) is 8.51. The van der Waals surface area contributed by atoms with Crippen LogP contribution in [0.3, 0.4) is 0 Å². The Balaban J connectivity index is 2.17. The lowest BCUT2D eigenvalue weighted by Gasteiger charge is -2.37. The lowest BCUT2D eigenvalue weighted by Crippen LogP contribution is -2.49. The van der Waals surface area contributed by atoms with Gasteiger partial charge in [0.1, 0.15) is 0 Å². The van der Waals surface area contributed by atoms with E-state index in [0.717, 1.165) is 24.2 Å². The van der Waals surface area contributed by atoms with E-state index in [1.165, 1.54) is 32.4 Å². The predicted octanol–water partition coefficient (Wildman–Crippen LogP) is 2.00. The largest absolute Gasteiger partial charge is 0.332 e. The summed E-state index contributed by atoms with van der Waals surface area (Å²) in [4.78, 5) is 0. The van der Waals surface area contributed by atoms with Gasteiger partial charge < -0.3 is 9.22 Å². The molecule has 0 atom stereocenters. The third kappa shape index (κ3) is 3.11. The van der Waals surface area contributed by atoms with Gasteiger partial charge in [-0.1, -0.05) is 6.92 Å². The minimum Gasteiger partial charge on any atom is -0.332 e. The topological polar surface area (TPSA) is 9.23 Å². The van der Waals surface area contributed by atoms with Gasteiger partial charge in [-0.25, -0.2) is 0 Å². The number of nitrogens with zero attached hydrogens (tertiary/aromatic N) is 1. The number of likely N-dealkylation sites (tertiary alicyclic amines) is 1. The van der Waals surface area contributed by atoms with E-state index in [1.54, 1.807) is 0 Å². The number of hydrogen-bond donors (Lipinski definition) is 0. The molecule has 0 radical (unpaired) electrons. The van der Waals surface area contributed by atoms with Gasteiger partial charge in [0.2, 0.25) is 0 Å². The van der Waals surface area contributed by atoms with Gasteiger partial charge in [0, 0.05) is 0 Å². The Morgan fingerprint density at radius 3 is 2.42 bits per heavy atom. The lowest BCUT2D eigenvalue weighted by molar-refractivity contribution is -0.932. The zero-order chi connectivity index (χ0) is 8.86. The third-order valence-electron chi connectivity index (χ3n) is 2.65. The second-order valence-corrected chi connectivity index (χ2v) is 4.16. The molecule has 1 saturated heterocycles. The summed E-state index contributed by atoms with van der Waals surface area (Å²) in [5.74, 6) is 0. The van der Waals surface area contributed by atoms with Gasteiger partial charge in [-0.2, -0.15) is 0 Å². The van der Waals surface area contributed by atoms with Gasteiger partial charge in [-0.05, 0) is 25.7 Å². The van der Waals surface area contributed by atoms with E-state index in [0.29, 0.717) is 0 Å². The van der Waals surface area contributed by atoms with Crippen molar-refractivity contribution in [1.82, 2.24) is 0 Å². The van der Waals surface area contributed by atoms with E-state index in [1.807, 2.05) is 0 Å². The Hall–Kier alpha value is -0.0800. The van der Waals surface area contributed by atoms with Crippen molar-refractivity contribution in [2.24, 2.45) is 0 Å². The van der Waals surface area contributed by atoms with Crippen LogP contribution < -0.4 is 0 Å². The van der Waals surface area contributed by atoms with Crippen LogP contribution >= 0.6 is 0 Å². The summed E-state index contributed by atoms with van der Waals surface area (Å²) < 4.78 is 6.74. The molecule has 0 N–H and O–H groups in total. The molecule has 0 spiro atoms. The molecule has 2 nitrogen and oxygen atoms in total. The number of ether oxygens (including phenoxy) is 1. The maximum Gasteiger partial charge on any atom is 0.182 e. The smallest absolute Gasteiger partial charge is 0.182 e. The first-order valence-electron chi connectivity index (χ1n) is 5.18. The van der Waals surface area contributed by atoms with Gasteiger partial charge in [-0.3, -0.25) is 0 Å². The van der Waals surface area contributed by atoms with Crippen molar-refractivity contribution >= 4 is 0 Å². The average molecular weight is 172 g/mol. The molecule has 0 amide bonds. The molecule has 0 unspecified atom stereocenters. The van der Waals surface area contributed by atoms with E-state index in [-0.39, 0.29) is 0 Å². The van der Waals surface area contributed by atoms with Gasteiger partial charge in [0.25, 0.3) is 0 Å². The summed E-state index contributed by atoms with van der Waals surface area (Å²) in [5.41, 5.74) is 0. The first-order chi connectivity index (χ1) is 5.77. The maximum atomic E-state index is 5.60. The SMILES string of the molecule is CCCOC[N+]1(C)CCCCC1. The monoisotopic (exact) mass is 172 g/mol. The van der Waals surface area contributed by atoms with E-state index >= 15 is 0 Å². The second-order valence-electron chi connectivity index (χ2n) is 4.16. The second kappa shape index (κ2) is 4.83. The molecule has 1 aliphatic rings. The number of hydrogen-bond acceptors (Lipinski definition) is 1. The van der Waals surface area contributed by atoms with Crippen LogP contribution in [0.5, 0.6) is 0 Å². The van der Waals surface area contributed by atoms with Crippen LogP contribution in [-0.2, 0) is 4.74 Å². The Labute approximate surface area is 76.1 Å². The van der Waals surface area contributed by atoms with Crippen LogP contribution in [0.15, 0.2) is 0 Å². The Kier molecular flexibility index (Phi) is 4.02. The fourth-order valence-electron chi connectivity index (χ4n) is 1.83. The molecule has 12 heavy (non-hydrogen) atoms. The molecule has 0 bridgehead atoms. The molecule has 0 aromatic heterocycles. The van der Waals surface area contributed by atoms with Crippen molar-refractivity contribution in [2.75, 3.05) is 33.5 Å². The summed E-state index contributed by atoms with van der Waals surface area (Å²) in [6.07, 6.45) is 5.32. The molecule has 0 aliphatic carbocycles. The van der Waals surface area contributed by atoms with Crippen LogP contribution in [0.2, 0.25) is 0 Å². The number of quaternary nitrogens is 1. The molecular formula is C10H22NO+.